The van der Waals surface area contributed by atoms with Gasteiger partial charge in [-0.15, -0.1) is 0 Å². The number of imidazole rings is 2. The Morgan fingerprint density at radius 1 is 0.889 bits per heavy atom. The number of amides is 2. The Balaban J connectivity index is 0.000000182. The Morgan fingerprint density at radius 2 is 1.60 bits per heavy atom. The molecule has 1 aliphatic rings. The summed E-state index contributed by atoms with van der Waals surface area (Å²) in [5, 5.41) is 0. The molecule has 0 radical (unpaired) electrons. The fraction of sp³-hybridized carbons (Fsp3) is 0.314. The monoisotopic (exact) mass is 608 g/mol. The molecule has 0 saturated carbocycles. The van der Waals surface area contributed by atoms with E-state index < -0.39 is 0 Å². The number of para-hydroxylation sites is 2. The van der Waals surface area contributed by atoms with Crippen LogP contribution in [0.2, 0.25) is 0 Å². The van der Waals surface area contributed by atoms with Gasteiger partial charge in [0.05, 0.1) is 38.1 Å². The molecule has 1 N–H and O–H groups in total. The van der Waals surface area contributed by atoms with Crippen molar-refractivity contribution in [3.63, 3.8) is 0 Å². The summed E-state index contributed by atoms with van der Waals surface area (Å²) in [5.41, 5.74) is 4.55. The van der Waals surface area contributed by atoms with Crippen molar-refractivity contribution in [1.29, 1.82) is 0 Å². The largest absolute Gasteiger partial charge is 0.497 e. The van der Waals surface area contributed by atoms with E-state index in [0.29, 0.717) is 32.6 Å². The first-order valence-corrected chi connectivity index (χ1v) is 15.2. The van der Waals surface area contributed by atoms with Gasteiger partial charge in [-0.25, -0.2) is 9.97 Å². The molecule has 2 aromatic heterocycles. The molecule has 10 nitrogen and oxygen atoms in total. The van der Waals surface area contributed by atoms with Crippen LogP contribution in [0.5, 0.6) is 11.5 Å². The van der Waals surface area contributed by atoms with Crippen molar-refractivity contribution in [2.45, 2.75) is 38.8 Å². The van der Waals surface area contributed by atoms with Gasteiger partial charge in [0.25, 0.3) is 0 Å². The van der Waals surface area contributed by atoms with Crippen molar-refractivity contribution in [3.8, 4) is 11.5 Å². The number of H-pyrrole nitrogens is 1. The first-order chi connectivity index (χ1) is 22.0. The summed E-state index contributed by atoms with van der Waals surface area (Å²) >= 11 is 0. The number of methoxy groups -OCH3 is 2. The number of nitrogens with one attached hydrogen (secondary N) is 1. The number of piperazine rings is 1. The molecule has 5 aromatic rings. The van der Waals surface area contributed by atoms with Gasteiger partial charge in [0.1, 0.15) is 17.3 Å². The molecule has 3 aromatic carbocycles. The standard InChI is InChI=1S/C18H22N4O3.C17H18N2O/c1-25-16-4-2-15(3-5-16)12-21-10-11-22(13-18(21)24)17(23)6-8-20-9-7-19-14-20;1-20-14-11-9-13(10-12-14)5-4-8-17-18-15-6-2-3-7-16(15)19-17/h2-5,7,9,14H,6,8,10-13H2,1H3;2-3,6-7,9-12H,4-5,8H2,1H3,(H,18,19). The van der Waals surface area contributed by atoms with E-state index >= 15 is 0 Å². The highest BCUT2D eigenvalue weighted by Crippen LogP contribution is 2.16. The Morgan fingerprint density at radius 3 is 2.24 bits per heavy atom. The van der Waals surface area contributed by atoms with Crippen LogP contribution < -0.4 is 9.47 Å². The van der Waals surface area contributed by atoms with Gasteiger partial charge in [-0.05, 0) is 60.4 Å². The Bertz CT molecular complexity index is 1620. The molecule has 1 saturated heterocycles. The SMILES string of the molecule is COc1ccc(CCCc2nc3ccccc3[nH]2)cc1.COc1ccc(CN2CCN(C(=O)CCn3ccnc3)CC2=O)cc1. The Kier molecular flexibility index (Phi) is 10.8. The summed E-state index contributed by atoms with van der Waals surface area (Å²) in [6.07, 6.45) is 8.69. The number of hydrogen-bond donors (Lipinski definition) is 1. The van der Waals surface area contributed by atoms with E-state index in [1.807, 2.05) is 65.4 Å². The maximum atomic E-state index is 12.4. The number of hydrogen-bond acceptors (Lipinski definition) is 6. The predicted octanol–water partition coefficient (Wildman–Crippen LogP) is 4.90. The second-order valence-electron chi connectivity index (χ2n) is 10.9. The topological polar surface area (TPSA) is 106 Å². The number of carbonyl (C=O) groups is 2. The van der Waals surface area contributed by atoms with Gasteiger partial charge in [0.2, 0.25) is 11.8 Å². The van der Waals surface area contributed by atoms with E-state index in [1.54, 1.807) is 36.5 Å². The van der Waals surface area contributed by atoms with Crippen molar-refractivity contribution in [2.75, 3.05) is 33.9 Å². The zero-order valence-electron chi connectivity index (χ0n) is 25.9. The number of fused-ring (bicyclic) bond motifs is 1. The first-order valence-electron chi connectivity index (χ1n) is 15.2. The van der Waals surface area contributed by atoms with Crippen LogP contribution in [0.25, 0.3) is 11.0 Å². The van der Waals surface area contributed by atoms with E-state index in [4.69, 9.17) is 9.47 Å². The van der Waals surface area contributed by atoms with Crippen LogP contribution in [-0.4, -0.2) is 75.0 Å². The molecule has 10 heteroatoms. The van der Waals surface area contributed by atoms with E-state index in [1.165, 1.54) is 5.56 Å². The molecule has 6 rings (SSSR count). The van der Waals surface area contributed by atoms with Gasteiger partial charge in [0.15, 0.2) is 0 Å². The summed E-state index contributed by atoms with van der Waals surface area (Å²) < 4.78 is 12.2. The molecule has 1 aliphatic heterocycles. The number of rotatable bonds is 11. The van der Waals surface area contributed by atoms with Crippen LogP contribution in [-0.2, 0) is 35.5 Å². The first kappa shape index (κ1) is 31.3. The minimum atomic E-state index is -0.0157. The van der Waals surface area contributed by atoms with Gasteiger partial charge in [0, 0.05) is 51.4 Å². The fourth-order valence-corrected chi connectivity index (χ4v) is 5.22. The minimum absolute atomic E-state index is 0.00569. The van der Waals surface area contributed by atoms with E-state index in [2.05, 4.69) is 33.2 Å². The molecular weight excluding hydrogens is 568 g/mol. The summed E-state index contributed by atoms with van der Waals surface area (Å²) in [6.45, 7) is 2.42. The minimum Gasteiger partial charge on any atom is -0.497 e. The zero-order valence-corrected chi connectivity index (χ0v) is 25.9. The van der Waals surface area contributed by atoms with Crippen molar-refractivity contribution >= 4 is 22.8 Å². The quantitative estimate of drug-likeness (QED) is 0.229. The highest BCUT2D eigenvalue weighted by molar-refractivity contribution is 5.86. The van der Waals surface area contributed by atoms with Gasteiger partial charge >= 0.3 is 0 Å². The molecule has 0 bridgehead atoms. The molecule has 45 heavy (non-hydrogen) atoms. The second kappa shape index (κ2) is 15.6. The van der Waals surface area contributed by atoms with Crippen LogP contribution in [0.4, 0.5) is 0 Å². The van der Waals surface area contributed by atoms with Gasteiger partial charge in [-0.1, -0.05) is 36.4 Å². The average Bonchev–Trinajstić information content (AvgIpc) is 3.75. The Labute approximate surface area is 263 Å². The number of aromatic nitrogens is 4. The van der Waals surface area contributed by atoms with Crippen molar-refractivity contribution in [2.24, 2.45) is 0 Å². The van der Waals surface area contributed by atoms with Crippen molar-refractivity contribution < 1.29 is 19.1 Å². The normalized spacial score (nSPS) is 13.0. The third-order valence-electron chi connectivity index (χ3n) is 7.82. The number of carbonyl (C=O) groups excluding carboxylic acids is 2. The smallest absolute Gasteiger partial charge is 0.242 e. The maximum Gasteiger partial charge on any atom is 0.242 e. The predicted molar refractivity (Wildman–Crippen MR) is 173 cm³/mol. The molecular formula is C35H40N6O4. The van der Waals surface area contributed by atoms with Crippen LogP contribution >= 0.6 is 0 Å². The average molecular weight is 609 g/mol. The number of nitrogens with zero attached hydrogens (tertiary/aromatic N) is 5. The third kappa shape index (κ3) is 8.95. The maximum absolute atomic E-state index is 12.4. The molecule has 234 valence electrons. The van der Waals surface area contributed by atoms with Crippen LogP contribution in [0.1, 0.15) is 29.8 Å². The van der Waals surface area contributed by atoms with Crippen molar-refractivity contribution in [1.82, 2.24) is 29.3 Å². The molecule has 2 amide bonds. The van der Waals surface area contributed by atoms with Crippen molar-refractivity contribution in [3.05, 3.63) is 108 Å². The van der Waals surface area contributed by atoms with Crippen LogP contribution in [0.3, 0.4) is 0 Å². The number of benzene rings is 3. The molecule has 0 atom stereocenters. The number of ether oxygens (including phenoxy) is 2. The number of aryl methyl sites for hydroxylation is 3. The van der Waals surface area contributed by atoms with Gasteiger partial charge in [-0.2, -0.15) is 0 Å². The highest BCUT2D eigenvalue weighted by atomic mass is 16.5. The van der Waals surface area contributed by atoms with Crippen LogP contribution in [0.15, 0.2) is 91.5 Å². The summed E-state index contributed by atoms with van der Waals surface area (Å²) in [7, 11) is 3.32. The lowest BCUT2D eigenvalue weighted by Gasteiger charge is -2.34. The van der Waals surface area contributed by atoms with E-state index in [-0.39, 0.29) is 18.4 Å². The molecule has 3 heterocycles. The lowest BCUT2D eigenvalue weighted by Crippen LogP contribution is -2.51. The Hall–Kier alpha value is -5.12. The summed E-state index contributed by atoms with van der Waals surface area (Å²) in [4.78, 5) is 40.0. The zero-order chi connectivity index (χ0) is 31.4. The van der Waals surface area contributed by atoms with Crippen LogP contribution in [0, 0.1) is 0 Å². The van der Waals surface area contributed by atoms with Gasteiger partial charge < -0.3 is 28.8 Å². The van der Waals surface area contributed by atoms with E-state index in [9.17, 15) is 9.59 Å². The lowest BCUT2D eigenvalue weighted by molar-refractivity contribution is -0.145. The fourth-order valence-electron chi connectivity index (χ4n) is 5.22. The van der Waals surface area contributed by atoms with Gasteiger partial charge in [-0.3, -0.25) is 9.59 Å². The number of aromatic amines is 1. The molecule has 0 aliphatic carbocycles. The molecule has 1 fully saturated rings. The summed E-state index contributed by atoms with van der Waals surface area (Å²) in [6, 6.07) is 24.1. The molecule has 0 spiro atoms. The molecule has 0 unspecified atom stereocenters. The highest BCUT2D eigenvalue weighted by Gasteiger charge is 2.26. The summed E-state index contributed by atoms with van der Waals surface area (Å²) in [5.74, 6) is 2.76. The lowest BCUT2D eigenvalue weighted by atomic mass is 10.1. The van der Waals surface area contributed by atoms with E-state index in [0.717, 1.165) is 53.2 Å². The third-order valence-corrected chi connectivity index (χ3v) is 7.82. The second-order valence-corrected chi connectivity index (χ2v) is 10.9.